The summed E-state index contributed by atoms with van der Waals surface area (Å²) in [5.74, 6) is -1.49. The summed E-state index contributed by atoms with van der Waals surface area (Å²) < 4.78 is 26.6. The molecule has 43 valence electrons. The second kappa shape index (κ2) is 7.43. The van der Waals surface area contributed by atoms with Crippen LogP contribution in [0, 0.1) is 0 Å². The molecule has 0 aromatic heterocycles. The summed E-state index contributed by atoms with van der Waals surface area (Å²) in [4.78, 5) is 9.94. The second-order valence-electron chi connectivity index (χ2n) is 0.859. The van der Waals surface area contributed by atoms with Crippen molar-refractivity contribution >= 4 is 35.5 Å². The third kappa shape index (κ3) is 9.66. The van der Waals surface area contributed by atoms with Gasteiger partial charge in [0.1, 0.15) is 0 Å². The van der Waals surface area contributed by atoms with Crippen LogP contribution in [0.25, 0.3) is 0 Å². The molecule has 0 bridgehead atoms. The maximum Gasteiger partial charge on any atom is 0.303 e. The third-order valence-electron chi connectivity index (χ3n) is 0.319. The standard InChI is InChI=1S/C4H8O3.Na/c5-3-1-2-4(6)7;/h5H,1-3H2,(H,6,7);/i1D2,3D2;. The molecule has 8 heavy (non-hydrogen) atoms. The number of hydrogen-bond donors (Lipinski definition) is 2. The number of aliphatic carboxylic acids is 1. The van der Waals surface area contributed by atoms with Crippen molar-refractivity contribution in [3.05, 3.63) is 0 Å². The molecular weight excluding hydrogens is 119 g/mol. The van der Waals surface area contributed by atoms with Crippen molar-refractivity contribution in [1.82, 2.24) is 0 Å². The van der Waals surface area contributed by atoms with Crippen LogP contribution >= 0.6 is 0 Å². The van der Waals surface area contributed by atoms with E-state index in [0.29, 0.717) is 0 Å². The number of aliphatic hydroxyl groups is 1. The molecule has 0 amide bonds. The first-order valence-corrected chi connectivity index (χ1v) is 1.61. The second-order valence-corrected chi connectivity index (χ2v) is 0.859. The summed E-state index contributed by atoms with van der Waals surface area (Å²) in [6.45, 7) is -3.12. The van der Waals surface area contributed by atoms with Crippen molar-refractivity contribution in [2.24, 2.45) is 0 Å². The largest absolute Gasteiger partial charge is 0.481 e. The van der Waals surface area contributed by atoms with Crippen LogP contribution in [0.1, 0.15) is 18.3 Å². The maximum atomic E-state index is 9.94. The van der Waals surface area contributed by atoms with Gasteiger partial charge in [0.05, 0.1) is 2.74 Å². The van der Waals surface area contributed by atoms with Gasteiger partial charge in [0.15, 0.2) is 0 Å². The van der Waals surface area contributed by atoms with Gasteiger partial charge in [-0.2, -0.15) is 0 Å². The van der Waals surface area contributed by atoms with Crippen molar-refractivity contribution in [2.75, 3.05) is 6.56 Å². The molecule has 0 aromatic rings. The van der Waals surface area contributed by atoms with Crippen molar-refractivity contribution < 1.29 is 20.5 Å². The van der Waals surface area contributed by atoms with Gasteiger partial charge in [-0.15, -0.1) is 0 Å². The Labute approximate surface area is 75.6 Å². The van der Waals surface area contributed by atoms with E-state index in [0.717, 1.165) is 0 Å². The predicted octanol–water partition coefficient (Wildman–Crippen LogP) is -0.537. The van der Waals surface area contributed by atoms with Gasteiger partial charge >= 0.3 is 5.97 Å². The van der Waals surface area contributed by atoms with Crippen molar-refractivity contribution in [2.45, 2.75) is 12.8 Å². The molecule has 0 heterocycles. The smallest absolute Gasteiger partial charge is 0.303 e. The zero-order valence-electron chi connectivity index (χ0n) is 8.51. The van der Waals surface area contributed by atoms with Gasteiger partial charge in [0, 0.05) is 45.3 Å². The molecule has 1 radical (unpaired) electrons. The minimum absolute atomic E-state index is 0. The van der Waals surface area contributed by atoms with Crippen LogP contribution in [-0.4, -0.2) is 52.3 Å². The molecule has 0 spiro atoms. The summed E-state index contributed by atoms with van der Waals surface area (Å²) >= 11 is 0. The van der Waals surface area contributed by atoms with Crippen molar-refractivity contribution in [1.29, 1.82) is 0 Å². The molecule has 0 rings (SSSR count). The average molecular weight is 131 g/mol. The number of carboxylic acids is 1. The molecule has 2 N–H and O–H groups in total. The molecule has 0 unspecified atom stereocenters. The summed E-state index contributed by atoms with van der Waals surface area (Å²) in [5.41, 5.74) is 0. The van der Waals surface area contributed by atoms with Crippen molar-refractivity contribution in [3.63, 3.8) is 0 Å². The molecule has 3 nitrogen and oxygen atoms in total. The number of carboxylic acid groups (broad SMARTS) is 1. The zero-order valence-corrected chi connectivity index (χ0v) is 6.51. The van der Waals surface area contributed by atoms with Gasteiger partial charge in [0.2, 0.25) is 0 Å². The zero-order chi connectivity index (χ0) is 9.28. The van der Waals surface area contributed by atoms with Crippen molar-refractivity contribution in [3.8, 4) is 0 Å². The SMILES string of the molecule is [2H]C([2H])(O)C([2H])([2H])CC(=O)O.[Na]. The van der Waals surface area contributed by atoms with E-state index in [9.17, 15) is 4.79 Å². The quantitative estimate of drug-likeness (QED) is 0.506. The van der Waals surface area contributed by atoms with Crippen LogP contribution < -0.4 is 0 Å². The Balaban J connectivity index is 0. The molecular formula is C4H8NaO3. The van der Waals surface area contributed by atoms with E-state index in [1.165, 1.54) is 0 Å². The van der Waals surface area contributed by atoms with E-state index in [1.54, 1.807) is 0 Å². The monoisotopic (exact) mass is 131 g/mol. The molecule has 0 atom stereocenters. The molecule has 0 aliphatic carbocycles. The summed E-state index contributed by atoms with van der Waals surface area (Å²) in [6.07, 6.45) is -3.81. The van der Waals surface area contributed by atoms with Crippen LogP contribution in [0.4, 0.5) is 0 Å². The van der Waals surface area contributed by atoms with E-state index in [2.05, 4.69) is 0 Å². The summed E-state index contributed by atoms with van der Waals surface area (Å²) in [5, 5.41) is 16.6. The number of carbonyl (C=O) groups is 1. The number of hydrogen-bond acceptors (Lipinski definition) is 2. The van der Waals surface area contributed by atoms with E-state index in [4.69, 9.17) is 15.7 Å². The fourth-order valence-electron chi connectivity index (χ4n) is 0.115. The Kier molecular flexibility index (Phi) is 3.97. The van der Waals surface area contributed by atoms with Gasteiger partial charge in [-0.3, -0.25) is 4.79 Å². The molecule has 0 saturated heterocycles. The molecule has 4 heteroatoms. The van der Waals surface area contributed by atoms with Gasteiger partial charge in [-0.25, -0.2) is 0 Å². The maximum absolute atomic E-state index is 9.94. The molecule has 0 aromatic carbocycles. The first-order valence-electron chi connectivity index (χ1n) is 3.61. The Morgan fingerprint density at radius 3 is 2.38 bits per heavy atom. The van der Waals surface area contributed by atoms with E-state index in [1.807, 2.05) is 0 Å². The van der Waals surface area contributed by atoms with Gasteiger partial charge < -0.3 is 10.2 Å². The fourth-order valence-corrected chi connectivity index (χ4v) is 0.115. The molecule has 0 aliphatic rings. The Bertz CT molecular complexity index is 166. The van der Waals surface area contributed by atoms with E-state index < -0.39 is 25.3 Å². The van der Waals surface area contributed by atoms with E-state index >= 15 is 0 Å². The van der Waals surface area contributed by atoms with Crippen LogP contribution in [0.15, 0.2) is 0 Å². The molecule has 0 fully saturated rings. The van der Waals surface area contributed by atoms with Gasteiger partial charge in [0.25, 0.3) is 0 Å². The minimum atomic E-state index is -3.12. The van der Waals surface area contributed by atoms with Gasteiger partial charge in [-0.05, 0) is 6.37 Å². The Morgan fingerprint density at radius 1 is 1.75 bits per heavy atom. The normalized spacial score (nSPS) is 18.6. The van der Waals surface area contributed by atoms with Gasteiger partial charge in [-0.1, -0.05) is 0 Å². The van der Waals surface area contributed by atoms with E-state index in [-0.39, 0.29) is 29.6 Å². The Hall–Kier alpha value is 0.430. The first kappa shape index (κ1) is 4.28. The van der Waals surface area contributed by atoms with Crippen LogP contribution in [-0.2, 0) is 4.79 Å². The molecule has 0 aliphatic heterocycles. The number of rotatable bonds is 3. The topological polar surface area (TPSA) is 57.5 Å². The minimum Gasteiger partial charge on any atom is -0.481 e. The summed E-state index contributed by atoms with van der Waals surface area (Å²) in [6, 6.07) is 0. The van der Waals surface area contributed by atoms with Crippen LogP contribution in [0.2, 0.25) is 0 Å². The first-order chi connectivity index (χ1) is 4.67. The predicted molar refractivity (Wildman–Crippen MR) is 29.7 cm³/mol. The Morgan fingerprint density at radius 2 is 2.25 bits per heavy atom. The van der Waals surface area contributed by atoms with Crippen LogP contribution in [0.5, 0.6) is 0 Å². The van der Waals surface area contributed by atoms with Crippen LogP contribution in [0.3, 0.4) is 0 Å². The molecule has 0 saturated carbocycles. The average Bonchev–Trinajstić information content (AvgIpc) is 1.56. The fraction of sp³-hybridized carbons (Fsp3) is 0.750. The summed E-state index contributed by atoms with van der Waals surface area (Å²) in [7, 11) is 0. The third-order valence-corrected chi connectivity index (χ3v) is 0.319.